The van der Waals surface area contributed by atoms with Gasteiger partial charge in [0.25, 0.3) is 0 Å². The molecule has 0 unspecified atom stereocenters. The van der Waals surface area contributed by atoms with Crippen LogP contribution in [0.4, 0.5) is 0 Å². The molecular formula is C9H9ClN4S. The van der Waals surface area contributed by atoms with Gasteiger partial charge in [-0.1, -0.05) is 11.8 Å². The SMILES string of the molecule is CSc1nc(Cl)n2ncc(C3CC3)c2n1. The van der Waals surface area contributed by atoms with Crippen molar-refractivity contribution in [1.29, 1.82) is 0 Å². The number of thioether (sulfide) groups is 1. The monoisotopic (exact) mass is 240 g/mol. The highest BCUT2D eigenvalue weighted by atomic mass is 35.5. The van der Waals surface area contributed by atoms with Crippen molar-refractivity contribution < 1.29 is 0 Å². The van der Waals surface area contributed by atoms with Gasteiger partial charge in [-0.25, -0.2) is 4.98 Å². The Morgan fingerprint density at radius 3 is 2.93 bits per heavy atom. The largest absolute Gasteiger partial charge is 0.228 e. The van der Waals surface area contributed by atoms with Gasteiger partial charge in [-0.05, 0) is 36.6 Å². The van der Waals surface area contributed by atoms with E-state index < -0.39 is 0 Å². The fourth-order valence-electron chi connectivity index (χ4n) is 1.62. The van der Waals surface area contributed by atoms with E-state index in [0.717, 1.165) is 5.65 Å². The second-order valence-corrected chi connectivity index (χ2v) is 4.70. The molecule has 0 bridgehead atoms. The number of fused-ring (bicyclic) bond motifs is 1. The van der Waals surface area contributed by atoms with Crippen LogP contribution in [0.5, 0.6) is 0 Å². The minimum atomic E-state index is 0.385. The fourth-order valence-corrected chi connectivity index (χ4v) is 2.23. The van der Waals surface area contributed by atoms with Crippen molar-refractivity contribution in [3.05, 3.63) is 17.0 Å². The molecule has 0 saturated heterocycles. The summed E-state index contributed by atoms with van der Waals surface area (Å²) in [6, 6.07) is 0. The van der Waals surface area contributed by atoms with Gasteiger partial charge in [-0.15, -0.1) is 0 Å². The highest BCUT2D eigenvalue weighted by Crippen LogP contribution is 2.41. The maximum atomic E-state index is 6.02. The number of aromatic nitrogens is 4. The maximum Gasteiger partial charge on any atom is 0.228 e. The molecule has 15 heavy (non-hydrogen) atoms. The van der Waals surface area contributed by atoms with E-state index in [4.69, 9.17) is 11.6 Å². The molecule has 2 aromatic heterocycles. The van der Waals surface area contributed by atoms with Gasteiger partial charge >= 0.3 is 0 Å². The van der Waals surface area contributed by atoms with E-state index in [1.54, 1.807) is 4.52 Å². The topological polar surface area (TPSA) is 43.1 Å². The lowest BCUT2D eigenvalue weighted by Crippen LogP contribution is -1.98. The van der Waals surface area contributed by atoms with E-state index in [9.17, 15) is 0 Å². The predicted octanol–water partition coefficient (Wildman–Crippen LogP) is 2.38. The molecular weight excluding hydrogens is 232 g/mol. The maximum absolute atomic E-state index is 6.02. The third kappa shape index (κ3) is 1.50. The van der Waals surface area contributed by atoms with Crippen molar-refractivity contribution in [3.63, 3.8) is 0 Å². The Balaban J connectivity index is 2.26. The molecule has 6 heteroatoms. The van der Waals surface area contributed by atoms with Crippen molar-refractivity contribution in [2.45, 2.75) is 23.9 Å². The van der Waals surface area contributed by atoms with Crippen LogP contribution in [-0.4, -0.2) is 25.8 Å². The van der Waals surface area contributed by atoms with Crippen LogP contribution in [0.3, 0.4) is 0 Å². The van der Waals surface area contributed by atoms with Crippen LogP contribution in [0.1, 0.15) is 24.3 Å². The van der Waals surface area contributed by atoms with E-state index in [0.29, 0.717) is 16.4 Å². The molecule has 0 aromatic carbocycles. The van der Waals surface area contributed by atoms with E-state index in [-0.39, 0.29) is 0 Å². The summed E-state index contributed by atoms with van der Waals surface area (Å²) in [7, 11) is 0. The fraction of sp³-hybridized carbons (Fsp3) is 0.444. The van der Waals surface area contributed by atoms with Crippen LogP contribution in [-0.2, 0) is 0 Å². The third-order valence-electron chi connectivity index (χ3n) is 2.54. The van der Waals surface area contributed by atoms with Crippen molar-refractivity contribution in [2.75, 3.05) is 6.26 Å². The Hall–Kier alpha value is -0.810. The molecule has 4 nitrogen and oxygen atoms in total. The Kier molecular flexibility index (Phi) is 2.10. The normalized spacial score (nSPS) is 16.1. The number of rotatable bonds is 2. The Morgan fingerprint density at radius 1 is 1.47 bits per heavy atom. The summed E-state index contributed by atoms with van der Waals surface area (Å²) >= 11 is 7.51. The van der Waals surface area contributed by atoms with Gasteiger partial charge in [0.2, 0.25) is 5.28 Å². The van der Waals surface area contributed by atoms with Gasteiger partial charge < -0.3 is 0 Å². The van der Waals surface area contributed by atoms with Gasteiger partial charge in [0.05, 0.1) is 6.20 Å². The number of hydrogen-bond acceptors (Lipinski definition) is 4. The first-order valence-electron chi connectivity index (χ1n) is 4.75. The first kappa shape index (κ1) is 9.42. The van der Waals surface area contributed by atoms with Crippen molar-refractivity contribution in [1.82, 2.24) is 19.6 Å². The minimum Gasteiger partial charge on any atom is -0.202 e. The van der Waals surface area contributed by atoms with Crippen molar-refractivity contribution in [3.8, 4) is 0 Å². The molecule has 0 atom stereocenters. The average molecular weight is 241 g/mol. The van der Waals surface area contributed by atoms with Crippen LogP contribution in [0, 0.1) is 0 Å². The Morgan fingerprint density at radius 2 is 2.27 bits per heavy atom. The molecule has 1 aliphatic rings. The summed E-state index contributed by atoms with van der Waals surface area (Å²) in [4.78, 5) is 8.57. The third-order valence-corrected chi connectivity index (χ3v) is 3.33. The van der Waals surface area contributed by atoms with E-state index in [2.05, 4.69) is 15.1 Å². The Bertz CT molecular complexity index is 520. The second-order valence-electron chi connectivity index (χ2n) is 3.59. The predicted molar refractivity (Wildman–Crippen MR) is 59.5 cm³/mol. The van der Waals surface area contributed by atoms with E-state index >= 15 is 0 Å². The quantitative estimate of drug-likeness (QED) is 0.756. The summed E-state index contributed by atoms with van der Waals surface area (Å²) < 4.78 is 1.61. The molecule has 1 saturated carbocycles. The van der Waals surface area contributed by atoms with E-state index in [1.807, 2.05) is 12.5 Å². The van der Waals surface area contributed by atoms with Crippen molar-refractivity contribution >= 4 is 29.0 Å². The average Bonchev–Trinajstić information content (AvgIpc) is 2.99. The van der Waals surface area contributed by atoms with Crippen LogP contribution in [0.15, 0.2) is 11.4 Å². The van der Waals surface area contributed by atoms with Gasteiger partial charge in [0, 0.05) is 5.56 Å². The lowest BCUT2D eigenvalue weighted by molar-refractivity contribution is 0.834. The summed E-state index contributed by atoms with van der Waals surface area (Å²) in [5.74, 6) is 0.628. The molecule has 1 fully saturated rings. The van der Waals surface area contributed by atoms with Crippen LogP contribution in [0.25, 0.3) is 5.65 Å². The molecule has 0 radical (unpaired) electrons. The van der Waals surface area contributed by atoms with Gasteiger partial charge in [0.1, 0.15) is 0 Å². The number of hydrogen-bond donors (Lipinski definition) is 0. The van der Waals surface area contributed by atoms with Gasteiger partial charge in [-0.2, -0.15) is 14.6 Å². The van der Waals surface area contributed by atoms with Gasteiger partial charge in [0.15, 0.2) is 10.8 Å². The summed E-state index contributed by atoms with van der Waals surface area (Å²) in [5.41, 5.74) is 2.07. The molecule has 0 spiro atoms. The van der Waals surface area contributed by atoms with Gasteiger partial charge in [-0.3, -0.25) is 0 Å². The van der Waals surface area contributed by atoms with Crippen LogP contribution in [0.2, 0.25) is 5.28 Å². The molecule has 0 aliphatic heterocycles. The van der Waals surface area contributed by atoms with Crippen LogP contribution >= 0.6 is 23.4 Å². The summed E-state index contributed by atoms with van der Waals surface area (Å²) in [6.45, 7) is 0. The second kappa shape index (κ2) is 3.35. The lowest BCUT2D eigenvalue weighted by atomic mass is 10.2. The van der Waals surface area contributed by atoms with Crippen molar-refractivity contribution in [2.24, 2.45) is 0 Å². The molecule has 0 N–H and O–H groups in total. The Labute approximate surface area is 96.1 Å². The smallest absolute Gasteiger partial charge is 0.202 e. The summed E-state index contributed by atoms with van der Waals surface area (Å²) in [5, 5.41) is 5.29. The first-order valence-corrected chi connectivity index (χ1v) is 6.35. The zero-order chi connectivity index (χ0) is 10.4. The zero-order valence-electron chi connectivity index (χ0n) is 8.14. The molecule has 78 valence electrons. The standard InChI is InChI=1S/C9H9ClN4S/c1-15-9-12-7-6(5-2-3-5)4-11-14(7)8(10)13-9/h4-5H,2-3H2,1H3. The highest BCUT2D eigenvalue weighted by Gasteiger charge is 2.28. The zero-order valence-corrected chi connectivity index (χ0v) is 9.72. The van der Waals surface area contributed by atoms with E-state index in [1.165, 1.54) is 30.2 Å². The number of halogens is 1. The molecule has 2 heterocycles. The molecule has 3 rings (SSSR count). The molecule has 1 aliphatic carbocycles. The lowest BCUT2D eigenvalue weighted by Gasteiger charge is -2.00. The minimum absolute atomic E-state index is 0.385. The highest BCUT2D eigenvalue weighted by molar-refractivity contribution is 7.98. The molecule has 0 amide bonds. The molecule has 2 aromatic rings. The summed E-state index contributed by atoms with van der Waals surface area (Å²) in [6.07, 6.45) is 6.27. The first-order chi connectivity index (χ1) is 7.29. The van der Waals surface area contributed by atoms with Crippen LogP contribution < -0.4 is 0 Å². The number of nitrogens with zero attached hydrogens (tertiary/aromatic N) is 4.